The molecule has 0 aliphatic rings. The highest BCUT2D eigenvalue weighted by molar-refractivity contribution is 5.89. The summed E-state index contributed by atoms with van der Waals surface area (Å²) in [4.78, 5) is 16.6. The largest absolute Gasteiger partial charge is 0.366 e. The summed E-state index contributed by atoms with van der Waals surface area (Å²) >= 11 is 0. The third kappa shape index (κ3) is 3.43. The van der Waals surface area contributed by atoms with Crippen molar-refractivity contribution in [3.05, 3.63) is 71.3 Å². The molecule has 0 aromatic heterocycles. The molecular formula is C15H15NO2. The third-order valence-corrected chi connectivity index (χ3v) is 2.57. The van der Waals surface area contributed by atoms with Gasteiger partial charge in [0.2, 0.25) is 0 Å². The number of carbonyl (C=O) groups is 1. The Morgan fingerprint density at radius 2 is 1.72 bits per heavy atom. The zero-order valence-corrected chi connectivity index (χ0v) is 10.2. The summed E-state index contributed by atoms with van der Waals surface area (Å²) in [7, 11) is 0. The molecule has 0 aliphatic heterocycles. The van der Waals surface area contributed by atoms with Crippen molar-refractivity contribution in [1.82, 2.24) is 5.48 Å². The van der Waals surface area contributed by atoms with Gasteiger partial charge in [0.05, 0.1) is 12.1 Å². The average Bonchev–Trinajstić information content (AvgIpc) is 2.42. The fourth-order valence-electron chi connectivity index (χ4n) is 1.52. The first-order valence-electron chi connectivity index (χ1n) is 5.80. The summed E-state index contributed by atoms with van der Waals surface area (Å²) in [5.41, 5.74) is 5.49. The zero-order chi connectivity index (χ0) is 12.8. The van der Waals surface area contributed by atoms with E-state index in [-0.39, 0.29) is 5.97 Å². The van der Waals surface area contributed by atoms with Gasteiger partial charge >= 0.3 is 5.97 Å². The summed E-state index contributed by atoms with van der Waals surface area (Å²) in [6.07, 6.45) is 0. The first-order chi connectivity index (χ1) is 8.75. The molecule has 0 aliphatic carbocycles. The predicted octanol–water partition coefficient (Wildman–Crippen LogP) is 2.86. The Morgan fingerprint density at radius 3 is 2.39 bits per heavy atom. The van der Waals surface area contributed by atoms with Crippen molar-refractivity contribution in [2.24, 2.45) is 0 Å². The lowest BCUT2D eigenvalue weighted by atomic mass is 10.2. The molecule has 18 heavy (non-hydrogen) atoms. The summed E-state index contributed by atoms with van der Waals surface area (Å²) in [6, 6.07) is 16.9. The molecule has 3 nitrogen and oxygen atoms in total. The standard InChI is InChI=1S/C15H15NO2/c1-12-7-9-13(10-8-12)11-16-18-15(17)14-5-3-2-4-6-14/h2-10,16H,11H2,1H3. The van der Waals surface area contributed by atoms with Crippen molar-refractivity contribution in [1.29, 1.82) is 0 Å². The summed E-state index contributed by atoms with van der Waals surface area (Å²) in [5, 5.41) is 0. The average molecular weight is 241 g/mol. The van der Waals surface area contributed by atoms with E-state index in [1.54, 1.807) is 24.3 Å². The van der Waals surface area contributed by atoms with Crippen LogP contribution in [0.4, 0.5) is 0 Å². The van der Waals surface area contributed by atoms with E-state index in [0.717, 1.165) is 5.56 Å². The molecule has 0 amide bonds. The van der Waals surface area contributed by atoms with Gasteiger partial charge in [0, 0.05) is 0 Å². The number of carbonyl (C=O) groups excluding carboxylic acids is 1. The van der Waals surface area contributed by atoms with Crippen molar-refractivity contribution < 1.29 is 9.63 Å². The van der Waals surface area contributed by atoms with E-state index < -0.39 is 0 Å². The highest BCUT2D eigenvalue weighted by Gasteiger charge is 2.05. The van der Waals surface area contributed by atoms with Crippen LogP contribution in [0.1, 0.15) is 21.5 Å². The molecule has 0 unspecified atom stereocenters. The number of hydroxylamine groups is 1. The van der Waals surface area contributed by atoms with Crippen LogP contribution in [0.3, 0.4) is 0 Å². The molecule has 2 rings (SSSR count). The Kier molecular flexibility index (Phi) is 4.10. The maximum absolute atomic E-state index is 11.6. The van der Waals surface area contributed by atoms with Crippen LogP contribution in [-0.2, 0) is 11.4 Å². The molecule has 0 saturated carbocycles. The van der Waals surface area contributed by atoms with E-state index in [1.807, 2.05) is 37.3 Å². The monoisotopic (exact) mass is 241 g/mol. The van der Waals surface area contributed by atoms with Gasteiger partial charge in [-0.25, -0.2) is 4.79 Å². The van der Waals surface area contributed by atoms with Crippen LogP contribution in [0.5, 0.6) is 0 Å². The minimum atomic E-state index is -0.372. The van der Waals surface area contributed by atoms with Gasteiger partial charge in [-0.2, -0.15) is 0 Å². The van der Waals surface area contributed by atoms with E-state index in [4.69, 9.17) is 4.84 Å². The fourth-order valence-corrected chi connectivity index (χ4v) is 1.52. The predicted molar refractivity (Wildman–Crippen MR) is 69.9 cm³/mol. The lowest BCUT2D eigenvalue weighted by Gasteiger charge is -2.06. The maximum atomic E-state index is 11.6. The minimum Gasteiger partial charge on any atom is -0.366 e. The summed E-state index contributed by atoms with van der Waals surface area (Å²) in [5.74, 6) is -0.372. The number of nitrogens with one attached hydrogen (secondary N) is 1. The number of rotatable bonds is 4. The lowest BCUT2D eigenvalue weighted by Crippen LogP contribution is -2.19. The van der Waals surface area contributed by atoms with Crippen molar-refractivity contribution in [3.63, 3.8) is 0 Å². The first-order valence-corrected chi connectivity index (χ1v) is 5.80. The van der Waals surface area contributed by atoms with Crippen LogP contribution in [0, 0.1) is 6.92 Å². The summed E-state index contributed by atoms with van der Waals surface area (Å²) < 4.78 is 0. The Labute approximate surface area is 106 Å². The molecule has 0 atom stereocenters. The van der Waals surface area contributed by atoms with E-state index in [2.05, 4.69) is 5.48 Å². The van der Waals surface area contributed by atoms with Crippen LogP contribution < -0.4 is 5.48 Å². The van der Waals surface area contributed by atoms with E-state index in [1.165, 1.54) is 5.56 Å². The van der Waals surface area contributed by atoms with E-state index >= 15 is 0 Å². The Hall–Kier alpha value is -2.13. The van der Waals surface area contributed by atoms with Gasteiger partial charge in [0.1, 0.15) is 0 Å². The molecule has 92 valence electrons. The lowest BCUT2D eigenvalue weighted by molar-refractivity contribution is 0.0237. The first kappa shape index (κ1) is 12.3. The second-order valence-corrected chi connectivity index (χ2v) is 4.06. The van der Waals surface area contributed by atoms with Crippen LogP contribution >= 0.6 is 0 Å². The van der Waals surface area contributed by atoms with Crippen LogP contribution in [0.25, 0.3) is 0 Å². The van der Waals surface area contributed by atoms with Gasteiger partial charge in [-0.1, -0.05) is 48.0 Å². The number of aryl methyl sites for hydroxylation is 1. The minimum absolute atomic E-state index is 0.372. The van der Waals surface area contributed by atoms with Gasteiger partial charge in [-0.15, -0.1) is 5.48 Å². The second-order valence-electron chi connectivity index (χ2n) is 4.06. The van der Waals surface area contributed by atoms with Gasteiger partial charge < -0.3 is 4.84 Å². The number of benzene rings is 2. The molecule has 2 aromatic carbocycles. The van der Waals surface area contributed by atoms with E-state index in [0.29, 0.717) is 12.1 Å². The topological polar surface area (TPSA) is 38.3 Å². The van der Waals surface area contributed by atoms with Crippen LogP contribution in [-0.4, -0.2) is 5.97 Å². The normalized spacial score (nSPS) is 10.1. The SMILES string of the molecule is Cc1ccc(CNOC(=O)c2ccccc2)cc1. The zero-order valence-electron chi connectivity index (χ0n) is 10.2. The molecule has 3 heteroatoms. The highest BCUT2D eigenvalue weighted by atomic mass is 16.7. The fraction of sp³-hybridized carbons (Fsp3) is 0.133. The van der Waals surface area contributed by atoms with Gasteiger partial charge in [-0.05, 0) is 24.6 Å². The molecule has 0 heterocycles. The van der Waals surface area contributed by atoms with Crippen LogP contribution in [0.15, 0.2) is 54.6 Å². The Bertz CT molecular complexity index is 506. The molecule has 2 aromatic rings. The van der Waals surface area contributed by atoms with Gasteiger partial charge in [-0.3, -0.25) is 0 Å². The smallest absolute Gasteiger partial charge is 0.356 e. The van der Waals surface area contributed by atoms with Crippen molar-refractivity contribution >= 4 is 5.97 Å². The third-order valence-electron chi connectivity index (χ3n) is 2.57. The Balaban J connectivity index is 1.82. The number of hydrogen-bond acceptors (Lipinski definition) is 3. The molecule has 0 spiro atoms. The molecular weight excluding hydrogens is 226 g/mol. The van der Waals surface area contributed by atoms with Gasteiger partial charge in [0.25, 0.3) is 0 Å². The number of hydrogen-bond donors (Lipinski definition) is 1. The molecule has 0 saturated heterocycles. The van der Waals surface area contributed by atoms with Crippen molar-refractivity contribution in [3.8, 4) is 0 Å². The van der Waals surface area contributed by atoms with Crippen molar-refractivity contribution in [2.75, 3.05) is 0 Å². The molecule has 1 N–H and O–H groups in total. The van der Waals surface area contributed by atoms with Crippen LogP contribution in [0.2, 0.25) is 0 Å². The molecule has 0 bridgehead atoms. The summed E-state index contributed by atoms with van der Waals surface area (Å²) in [6.45, 7) is 2.53. The van der Waals surface area contributed by atoms with Crippen molar-refractivity contribution in [2.45, 2.75) is 13.5 Å². The van der Waals surface area contributed by atoms with E-state index in [9.17, 15) is 4.79 Å². The quantitative estimate of drug-likeness (QED) is 0.836. The Morgan fingerprint density at radius 1 is 1.06 bits per heavy atom. The molecule has 0 fully saturated rings. The van der Waals surface area contributed by atoms with Gasteiger partial charge in [0.15, 0.2) is 0 Å². The maximum Gasteiger partial charge on any atom is 0.356 e. The highest BCUT2D eigenvalue weighted by Crippen LogP contribution is 2.03. The molecule has 0 radical (unpaired) electrons. The second kappa shape index (κ2) is 5.98.